The number of hydrogen-bond donors (Lipinski definition) is 1. The molecule has 0 radical (unpaired) electrons. The number of carbonyl (C=O) groups is 1. The highest BCUT2D eigenvalue weighted by Gasteiger charge is 2.17. The van der Waals surface area contributed by atoms with Gasteiger partial charge < -0.3 is 14.9 Å². The van der Waals surface area contributed by atoms with Crippen LogP contribution in [0, 0.1) is 0 Å². The predicted octanol–water partition coefficient (Wildman–Crippen LogP) is 2.95. The highest BCUT2D eigenvalue weighted by molar-refractivity contribution is 6.17. The highest BCUT2D eigenvalue weighted by atomic mass is 16.5. The molecule has 1 heterocycles. The van der Waals surface area contributed by atoms with Crippen LogP contribution < -0.4 is 5.73 Å². The van der Waals surface area contributed by atoms with Crippen molar-refractivity contribution < 1.29 is 13.9 Å². The quantitative estimate of drug-likeness (QED) is 0.525. The number of furan rings is 1. The van der Waals surface area contributed by atoms with Crippen molar-refractivity contribution in [2.45, 2.75) is 0 Å². The number of anilines is 1. The molecule has 3 rings (SSSR count). The summed E-state index contributed by atoms with van der Waals surface area (Å²) in [6.45, 7) is 0. The van der Waals surface area contributed by atoms with Gasteiger partial charge in [0.25, 0.3) is 0 Å². The first-order valence-corrected chi connectivity index (χ1v) is 5.50. The number of para-hydroxylation sites is 1. The SMILES string of the molecule is COC(=O)c1ccc(N)c2oc3ccccc3c12. The van der Waals surface area contributed by atoms with Gasteiger partial charge in [0.05, 0.1) is 18.4 Å². The van der Waals surface area contributed by atoms with Crippen LogP contribution in [0.2, 0.25) is 0 Å². The average Bonchev–Trinajstić information content (AvgIpc) is 2.79. The molecule has 4 nitrogen and oxygen atoms in total. The monoisotopic (exact) mass is 241 g/mol. The third kappa shape index (κ3) is 1.35. The summed E-state index contributed by atoms with van der Waals surface area (Å²) in [7, 11) is 1.35. The van der Waals surface area contributed by atoms with E-state index in [1.807, 2.05) is 24.3 Å². The summed E-state index contributed by atoms with van der Waals surface area (Å²) >= 11 is 0. The third-order valence-electron chi connectivity index (χ3n) is 2.96. The van der Waals surface area contributed by atoms with Crippen molar-refractivity contribution >= 4 is 33.6 Å². The maximum atomic E-state index is 11.8. The average molecular weight is 241 g/mol. The van der Waals surface area contributed by atoms with Crippen LogP contribution >= 0.6 is 0 Å². The summed E-state index contributed by atoms with van der Waals surface area (Å²) in [5, 5.41) is 1.57. The molecule has 4 heteroatoms. The van der Waals surface area contributed by atoms with E-state index in [1.165, 1.54) is 7.11 Å². The van der Waals surface area contributed by atoms with Gasteiger partial charge in [0.15, 0.2) is 5.58 Å². The molecule has 0 fully saturated rings. The lowest BCUT2D eigenvalue weighted by atomic mass is 10.1. The van der Waals surface area contributed by atoms with Gasteiger partial charge in [-0.05, 0) is 18.2 Å². The molecule has 0 saturated carbocycles. The Kier molecular flexibility index (Phi) is 2.23. The molecule has 0 bridgehead atoms. The van der Waals surface area contributed by atoms with Crippen LogP contribution in [0.4, 0.5) is 5.69 Å². The number of fused-ring (bicyclic) bond motifs is 3. The van der Waals surface area contributed by atoms with Gasteiger partial charge in [-0.15, -0.1) is 0 Å². The second-order valence-electron chi connectivity index (χ2n) is 4.00. The Morgan fingerprint density at radius 3 is 2.78 bits per heavy atom. The first-order valence-electron chi connectivity index (χ1n) is 5.50. The van der Waals surface area contributed by atoms with E-state index in [4.69, 9.17) is 14.9 Å². The molecule has 0 unspecified atom stereocenters. The molecule has 0 aliphatic rings. The Hall–Kier alpha value is -2.49. The minimum absolute atomic E-state index is 0.397. The number of esters is 1. The van der Waals surface area contributed by atoms with E-state index in [0.29, 0.717) is 27.8 Å². The summed E-state index contributed by atoms with van der Waals surface area (Å²) in [4.78, 5) is 11.8. The number of nitrogens with two attached hydrogens (primary N) is 1. The van der Waals surface area contributed by atoms with Crippen molar-refractivity contribution in [2.24, 2.45) is 0 Å². The molecule has 0 amide bonds. The zero-order valence-corrected chi connectivity index (χ0v) is 9.77. The van der Waals surface area contributed by atoms with Crippen molar-refractivity contribution in [2.75, 3.05) is 12.8 Å². The summed E-state index contributed by atoms with van der Waals surface area (Å²) in [6, 6.07) is 10.8. The van der Waals surface area contributed by atoms with E-state index in [9.17, 15) is 4.79 Å². The fraction of sp³-hybridized carbons (Fsp3) is 0.0714. The van der Waals surface area contributed by atoms with Crippen LogP contribution in [0.25, 0.3) is 21.9 Å². The Bertz CT molecular complexity index is 758. The standard InChI is InChI=1S/C14H11NO3/c1-17-14(16)9-6-7-10(15)13-12(9)8-4-2-3-5-11(8)18-13/h2-7H,15H2,1H3. The largest absolute Gasteiger partial charge is 0.465 e. The summed E-state index contributed by atoms with van der Waals surface area (Å²) in [5.41, 5.74) is 8.09. The van der Waals surface area contributed by atoms with Crippen molar-refractivity contribution in [3.8, 4) is 0 Å². The number of carbonyl (C=O) groups excluding carboxylic acids is 1. The molecule has 0 spiro atoms. The van der Waals surface area contributed by atoms with Gasteiger partial charge in [0.1, 0.15) is 5.58 Å². The van der Waals surface area contributed by atoms with Crippen LogP contribution in [-0.2, 0) is 4.74 Å². The van der Waals surface area contributed by atoms with Gasteiger partial charge in [0.2, 0.25) is 0 Å². The van der Waals surface area contributed by atoms with Crippen LogP contribution in [0.15, 0.2) is 40.8 Å². The van der Waals surface area contributed by atoms with E-state index in [1.54, 1.807) is 12.1 Å². The van der Waals surface area contributed by atoms with Gasteiger partial charge in [0, 0.05) is 10.8 Å². The van der Waals surface area contributed by atoms with E-state index in [0.717, 1.165) is 5.39 Å². The number of rotatable bonds is 1. The zero-order chi connectivity index (χ0) is 12.7. The van der Waals surface area contributed by atoms with Gasteiger partial charge >= 0.3 is 5.97 Å². The smallest absolute Gasteiger partial charge is 0.338 e. The molecule has 18 heavy (non-hydrogen) atoms. The number of nitrogen functional groups attached to an aromatic ring is 1. The summed E-state index contributed by atoms with van der Waals surface area (Å²) < 4.78 is 10.5. The molecule has 0 aliphatic carbocycles. The molecule has 1 aromatic heterocycles. The minimum atomic E-state index is -0.397. The maximum Gasteiger partial charge on any atom is 0.338 e. The first kappa shape index (κ1) is 10.7. The zero-order valence-electron chi connectivity index (χ0n) is 9.77. The van der Waals surface area contributed by atoms with Crippen LogP contribution in [0.1, 0.15) is 10.4 Å². The van der Waals surface area contributed by atoms with E-state index in [-0.39, 0.29) is 0 Å². The van der Waals surface area contributed by atoms with Gasteiger partial charge in [-0.1, -0.05) is 18.2 Å². The Balaban J connectivity index is 2.51. The molecule has 2 aromatic carbocycles. The lowest BCUT2D eigenvalue weighted by Crippen LogP contribution is -2.02. The number of methoxy groups -OCH3 is 1. The second kappa shape index (κ2) is 3.77. The first-order chi connectivity index (χ1) is 8.72. The Labute approximate surface area is 103 Å². The lowest BCUT2D eigenvalue weighted by Gasteiger charge is -2.02. The molecule has 0 aliphatic heterocycles. The predicted molar refractivity (Wildman–Crippen MR) is 69.5 cm³/mol. The van der Waals surface area contributed by atoms with Crippen molar-refractivity contribution in [3.05, 3.63) is 42.0 Å². The number of benzene rings is 2. The fourth-order valence-corrected chi connectivity index (χ4v) is 2.13. The minimum Gasteiger partial charge on any atom is -0.465 e. The highest BCUT2D eigenvalue weighted by Crippen LogP contribution is 2.34. The fourth-order valence-electron chi connectivity index (χ4n) is 2.13. The van der Waals surface area contributed by atoms with Crippen LogP contribution in [0.5, 0.6) is 0 Å². The summed E-state index contributed by atoms with van der Waals surface area (Å²) in [5.74, 6) is -0.397. The molecular weight excluding hydrogens is 230 g/mol. The molecule has 90 valence electrons. The molecule has 0 saturated heterocycles. The van der Waals surface area contributed by atoms with E-state index >= 15 is 0 Å². The maximum absolute atomic E-state index is 11.8. The lowest BCUT2D eigenvalue weighted by molar-refractivity contribution is 0.0603. The van der Waals surface area contributed by atoms with Gasteiger partial charge in [-0.2, -0.15) is 0 Å². The topological polar surface area (TPSA) is 65.5 Å². The second-order valence-corrected chi connectivity index (χ2v) is 4.00. The number of hydrogen-bond acceptors (Lipinski definition) is 4. The van der Waals surface area contributed by atoms with Crippen LogP contribution in [-0.4, -0.2) is 13.1 Å². The van der Waals surface area contributed by atoms with Crippen molar-refractivity contribution in [1.29, 1.82) is 0 Å². The van der Waals surface area contributed by atoms with Crippen molar-refractivity contribution in [3.63, 3.8) is 0 Å². The third-order valence-corrected chi connectivity index (χ3v) is 2.96. The van der Waals surface area contributed by atoms with E-state index in [2.05, 4.69) is 0 Å². The summed E-state index contributed by atoms with van der Waals surface area (Å²) in [6.07, 6.45) is 0. The van der Waals surface area contributed by atoms with Gasteiger partial charge in [-0.25, -0.2) is 4.79 Å². The molecule has 2 N–H and O–H groups in total. The Morgan fingerprint density at radius 1 is 1.22 bits per heavy atom. The van der Waals surface area contributed by atoms with Crippen molar-refractivity contribution in [1.82, 2.24) is 0 Å². The number of ether oxygens (including phenoxy) is 1. The van der Waals surface area contributed by atoms with E-state index < -0.39 is 5.97 Å². The molecule has 0 atom stereocenters. The normalized spacial score (nSPS) is 10.9. The van der Waals surface area contributed by atoms with Gasteiger partial charge in [-0.3, -0.25) is 0 Å². The molecular formula is C14H11NO3. The molecule has 3 aromatic rings. The Morgan fingerprint density at radius 2 is 2.00 bits per heavy atom. The van der Waals surface area contributed by atoms with Crippen LogP contribution in [0.3, 0.4) is 0 Å².